The zero-order chi connectivity index (χ0) is 58.5. The molecule has 5 rings (SSSR count). The minimum atomic E-state index is -5.44. The Kier molecular flexibility index (Phi) is 33.8. The number of nitrogens with one attached hydrogen (secondary N) is 2. The molecule has 19 nitrogen and oxygen atoms in total. The molecule has 1 aliphatic rings. The highest BCUT2D eigenvalue weighted by atomic mass is 35.5. The van der Waals surface area contributed by atoms with Crippen LogP contribution in [0, 0.1) is 0 Å². The quantitative estimate of drug-likeness (QED) is 0.0316. The molecule has 1 amide bonds. The first-order valence-corrected chi connectivity index (χ1v) is 30.0. The van der Waals surface area contributed by atoms with Gasteiger partial charge < -0.3 is 67.5 Å². The number of hydrogen-bond acceptors (Lipinski definition) is 17. The van der Waals surface area contributed by atoms with Crippen molar-refractivity contribution in [3.8, 4) is 5.88 Å². The minimum Gasteiger partial charge on any atom is -0.478 e. The van der Waals surface area contributed by atoms with Gasteiger partial charge in [0.25, 0.3) is 0 Å². The average Bonchev–Trinajstić information content (AvgIpc) is 3.25. The van der Waals surface area contributed by atoms with Gasteiger partial charge in [-0.2, -0.15) is 17.5 Å². The lowest BCUT2D eigenvalue weighted by molar-refractivity contribution is -0.121. The van der Waals surface area contributed by atoms with E-state index in [1.807, 2.05) is 66.7 Å². The lowest BCUT2D eigenvalue weighted by atomic mass is 9.84. The Bertz CT molecular complexity index is 2420. The third kappa shape index (κ3) is 26.9. The summed E-state index contributed by atoms with van der Waals surface area (Å²) in [5.41, 5.74) is -1.20. The number of alkyl halides is 3. The molecule has 1 aromatic heterocycles. The number of fused-ring (bicyclic) bond motifs is 1. The fourth-order valence-corrected chi connectivity index (χ4v) is 9.64. The van der Waals surface area contributed by atoms with E-state index in [1.54, 1.807) is 13.2 Å². The van der Waals surface area contributed by atoms with Crippen molar-refractivity contribution in [1.29, 1.82) is 0 Å². The van der Waals surface area contributed by atoms with Crippen molar-refractivity contribution in [3.05, 3.63) is 99.5 Å². The number of ether oxygens (including phenoxy) is 12. The maximum atomic E-state index is 13.4. The van der Waals surface area contributed by atoms with Gasteiger partial charge in [0.05, 0.1) is 151 Å². The summed E-state index contributed by atoms with van der Waals surface area (Å²) in [7, 11) is -3.80. The van der Waals surface area contributed by atoms with E-state index < -0.39 is 15.5 Å². The number of sulfonamides is 1. The molecule has 2 heterocycles. The van der Waals surface area contributed by atoms with E-state index in [1.165, 1.54) is 0 Å². The van der Waals surface area contributed by atoms with Crippen LogP contribution in [0.25, 0.3) is 10.9 Å². The van der Waals surface area contributed by atoms with Crippen LogP contribution in [0.15, 0.2) is 72.8 Å². The molecule has 1 saturated heterocycles. The lowest BCUT2D eigenvalue weighted by Gasteiger charge is -2.32. The molecule has 2 N–H and O–H groups in total. The predicted octanol–water partition coefficient (Wildman–Crippen LogP) is 8.32. The second kappa shape index (κ2) is 40.3. The number of aromatic nitrogens is 1. The van der Waals surface area contributed by atoms with Gasteiger partial charge in [0.2, 0.25) is 11.8 Å². The smallest absolute Gasteiger partial charge is 0.478 e. The van der Waals surface area contributed by atoms with Crippen LogP contribution >= 0.6 is 23.2 Å². The highest BCUT2D eigenvalue weighted by Crippen LogP contribution is 2.38. The second-order valence-corrected chi connectivity index (χ2v) is 21.5. The van der Waals surface area contributed by atoms with Gasteiger partial charge in [0.15, 0.2) is 0 Å². The largest absolute Gasteiger partial charge is 0.511 e. The summed E-state index contributed by atoms with van der Waals surface area (Å²) < 4.78 is 131. The molecule has 0 aliphatic carbocycles. The van der Waals surface area contributed by atoms with Crippen LogP contribution < -0.4 is 15.4 Å². The maximum absolute atomic E-state index is 13.4. The van der Waals surface area contributed by atoms with Gasteiger partial charge in [-0.05, 0) is 85.2 Å². The molecule has 0 spiro atoms. The summed E-state index contributed by atoms with van der Waals surface area (Å²) in [4.78, 5) is 17.3. The van der Waals surface area contributed by atoms with E-state index in [9.17, 15) is 26.4 Å². The molecule has 4 aromatic rings. The van der Waals surface area contributed by atoms with Crippen molar-refractivity contribution in [2.24, 2.45) is 0 Å². The fraction of sp³-hybridized carbons (Fsp3) is 0.614. The molecular formula is C57H81Cl2F3N4O15S. The second-order valence-electron chi connectivity index (χ2n) is 18.7. The Balaban J connectivity index is 0.878. The first kappa shape index (κ1) is 68.8. The monoisotopic (exact) mass is 1220 g/mol. The highest BCUT2D eigenvalue weighted by molar-refractivity contribution is 7.90. The van der Waals surface area contributed by atoms with E-state index in [-0.39, 0.29) is 43.8 Å². The van der Waals surface area contributed by atoms with Crippen molar-refractivity contribution in [2.75, 3.05) is 177 Å². The number of nitrogens with zero attached hydrogens (tertiary/aromatic N) is 2. The Labute approximate surface area is 490 Å². The zero-order valence-electron chi connectivity index (χ0n) is 46.8. The SMILES string of the molecule is COCCOCCOCCOCCOCCOCCOCCOCCOCCOCCOCCNC(=O)CCCCCOc1cc(NC2CCN(S(=O)(=O)C(F)(F)F)CC2)c2cc(C(c3ccc(Cl)cc3)c3ccc(Cl)cc3)ccc2n1. The molecular weight excluding hydrogens is 1140 g/mol. The third-order valence-corrected chi connectivity index (χ3v) is 14.8. The number of carbonyl (C=O) groups is 1. The molecule has 3 aromatic carbocycles. The Morgan fingerprint density at radius 2 is 1.01 bits per heavy atom. The van der Waals surface area contributed by atoms with Crippen LogP contribution in [-0.2, 0) is 66.9 Å². The Morgan fingerprint density at radius 3 is 1.45 bits per heavy atom. The Morgan fingerprint density at radius 1 is 0.585 bits per heavy atom. The van der Waals surface area contributed by atoms with Crippen LogP contribution in [0.1, 0.15) is 61.1 Å². The molecule has 82 heavy (non-hydrogen) atoms. The van der Waals surface area contributed by atoms with E-state index in [2.05, 4.69) is 10.6 Å². The summed E-state index contributed by atoms with van der Waals surface area (Å²) in [5, 5.41) is 8.30. The van der Waals surface area contributed by atoms with Crippen LogP contribution in [-0.4, -0.2) is 207 Å². The summed E-state index contributed by atoms with van der Waals surface area (Å²) in [6.45, 7) is 10.00. The maximum Gasteiger partial charge on any atom is 0.511 e. The van der Waals surface area contributed by atoms with Crippen molar-refractivity contribution < 1.29 is 83.2 Å². The van der Waals surface area contributed by atoms with Gasteiger partial charge >= 0.3 is 15.5 Å². The van der Waals surface area contributed by atoms with Gasteiger partial charge in [-0.25, -0.2) is 13.4 Å². The number of piperidine rings is 1. The summed E-state index contributed by atoms with van der Waals surface area (Å²) in [6, 6.07) is 22.5. The van der Waals surface area contributed by atoms with E-state index in [0.717, 1.165) is 28.5 Å². The number of hydrogen-bond donors (Lipinski definition) is 2. The van der Waals surface area contributed by atoms with Crippen LogP contribution in [0.4, 0.5) is 18.9 Å². The van der Waals surface area contributed by atoms with Gasteiger partial charge in [0.1, 0.15) is 0 Å². The fourth-order valence-electron chi connectivity index (χ4n) is 8.40. The molecule has 0 atom stereocenters. The summed E-state index contributed by atoms with van der Waals surface area (Å²) >= 11 is 12.5. The van der Waals surface area contributed by atoms with E-state index in [4.69, 9.17) is 85.0 Å². The number of halogens is 5. The minimum absolute atomic E-state index is 0.0754. The average molecular weight is 1220 g/mol. The van der Waals surface area contributed by atoms with E-state index in [0.29, 0.717) is 203 Å². The number of unbranched alkanes of at least 4 members (excludes halogenated alkanes) is 2. The van der Waals surface area contributed by atoms with Crippen molar-refractivity contribution in [1.82, 2.24) is 14.6 Å². The van der Waals surface area contributed by atoms with Crippen molar-refractivity contribution >= 4 is 55.7 Å². The van der Waals surface area contributed by atoms with Crippen LogP contribution in [0.2, 0.25) is 10.0 Å². The Hall–Kier alpha value is -4.02. The first-order chi connectivity index (χ1) is 39.9. The van der Waals surface area contributed by atoms with Crippen molar-refractivity contribution in [3.63, 3.8) is 0 Å². The lowest BCUT2D eigenvalue weighted by Crippen LogP contribution is -2.47. The van der Waals surface area contributed by atoms with E-state index >= 15 is 0 Å². The standard InChI is InChI=1S/C57H81Cl2F3N4O15S/c1-70-23-24-72-27-28-74-31-32-76-35-36-78-39-40-80-42-41-79-38-37-77-34-33-75-30-29-73-26-25-71-22-18-63-54(67)5-3-2-4-21-81-55-44-53(64-50-16-19-66(20-17-50)82(68,69)57(60,61)62)51-43-47(10-15-52(51)65-55)56(45-6-11-48(58)12-7-45)46-8-13-49(59)14-9-46/h6-15,43-44,50,56H,2-5,16-42H2,1H3,(H,63,67)(H,64,65). The molecule has 1 aliphatic heterocycles. The number of amides is 1. The van der Waals surface area contributed by atoms with Gasteiger partial charge in [-0.3, -0.25) is 4.79 Å². The molecule has 0 unspecified atom stereocenters. The number of rotatable bonds is 46. The zero-order valence-corrected chi connectivity index (χ0v) is 49.1. The first-order valence-electron chi connectivity index (χ1n) is 27.8. The molecule has 460 valence electrons. The number of methoxy groups -OCH3 is 1. The molecule has 0 saturated carbocycles. The summed E-state index contributed by atoms with van der Waals surface area (Å²) in [6.07, 6.45) is 2.68. The highest BCUT2D eigenvalue weighted by Gasteiger charge is 2.50. The number of carbonyl (C=O) groups excluding carboxylic acids is 1. The number of pyridine rings is 1. The summed E-state index contributed by atoms with van der Waals surface area (Å²) in [5.74, 6) is 0.0482. The molecule has 0 bridgehead atoms. The van der Waals surface area contributed by atoms with Crippen LogP contribution in [0.3, 0.4) is 0 Å². The number of benzene rings is 3. The topological polar surface area (TPSA) is 202 Å². The predicted molar refractivity (Wildman–Crippen MR) is 306 cm³/mol. The van der Waals surface area contributed by atoms with Gasteiger partial charge in [-0.15, -0.1) is 0 Å². The third-order valence-electron chi connectivity index (χ3n) is 12.6. The molecule has 0 radical (unpaired) electrons. The molecule has 25 heteroatoms. The van der Waals surface area contributed by atoms with Gasteiger partial charge in [-0.1, -0.05) is 53.5 Å². The van der Waals surface area contributed by atoms with Crippen molar-refractivity contribution in [2.45, 2.75) is 56.0 Å². The van der Waals surface area contributed by atoms with Crippen LogP contribution in [0.5, 0.6) is 5.88 Å². The normalized spacial score (nSPS) is 13.6. The van der Waals surface area contributed by atoms with Gasteiger partial charge in [0, 0.05) is 72.3 Å². The number of anilines is 1. The molecule has 1 fully saturated rings.